The Morgan fingerprint density at radius 1 is 1.41 bits per heavy atom. The van der Waals surface area contributed by atoms with Gasteiger partial charge in [0.1, 0.15) is 18.0 Å². The van der Waals surface area contributed by atoms with Gasteiger partial charge in [0.2, 0.25) is 5.91 Å². The summed E-state index contributed by atoms with van der Waals surface area (Å²) in [7, 11) is 0. The van der Waals surface area contributed by atoms with E-state index in [4.69, 9.17) is 16.6 Å². The normalized spacial score (nSPS) is 10.7. The van der Waals surface area contributed by atoms with Crippen molar-refractivity contribution in [2.45, 2.75) is 13.1 Å². The van der Waals surface area contributed by atoms with E-state index in [0.29, 0.717) is 16.8 Å². The molecule has 0 aliphatic carbocycles. The van der Waals surface area contributed by atoms with E-state index in [2.05, 4.69) is 15.3 Å². The summed E-state index contributed by atoms with van der Waals surface area (Å²) in [5.74, 6) is 0.301. The topological polar surface area (TPSA) is 92.9 Å². The third-order valence-corrected chi connectivity index (χ3v) is 3.42. The van der Waals surface area contributed by atoms with E-state index >= 15 is 0 Å². The number of amides is 1. The number of fused-ring (bicyclic) bond motifs is 1. The summed E-state index contributed by atoms with van der Waals surface area (Å²) in [5.41, 5.74) is 0.0599. The molecule has 0 radical (unpaired) electrons. The Bertz CT molecular complexity index is 927. The summed E-state index contributed by atoms with van der Waals surface area (Å²) < 4.78 is 6.48. The molecule has 0 bridgehead atoms. The number of carbonyl (C=O) groups is 1. The van der Waals surface area contributed by atoms with Gasteiger partial charge in [0.05, 0.1) is 18.2 Å². The van der Waals surface area contributed by atoms with Crippen molar-refractivity contribution < 1.29 is 9.21 Å². The number of pyridine rings is 1. The van der Waals surface area contributed by atoms with Crippen LogP contribution >= 0.6 is 12.2 Å². The highest BCUT2D eigenvalue weighted by Gasteiger charge is 2.10. The molecule has 1 amide bonds. The van der Waals surface area contributed by atoms with Gasteiger partial charge in [-0.3, -0.25) is 14.2 Å². The molecule has 0 atom stereocenters. The molecule has 0 saturated carbocycles. The molecule has 0 fully saturated rings. The first-order valence-electron chi connectivity index (χ1n) is 6.52. The summed E-state index contributed by atoms with van der Waals surface area (Å²) in [5, 5.41) is 3.05. The second kappa shape index (κ2) is 5.94. The highest BCUT2D eigenvalue weighted by molar-refractivity contribution is 7.71. The largest absolute Gasteiger partial charge is 0.467 e. The molecule has 22 heavy (non-hydrogen) atoms. The van der Waals surface area contributed by atoms with Crippen LogP contribution in [0.5, 0.6) is 0 Å². The molecular formula is C14H12N4O3S. The van der Waals surface area contributed by atoms with Crippen molar-refractivity contribution in [2.75, 3.05) is 0 Å². The fourth-order valence-electron chi connectivity index (χ4n) is 2.03. The van der Waals surface area contributed by atoms with E-state index in [9.17, 15) is 9.59 Å². The molecule has 2 N–H and O–H groups in total. The van der Waals surface area contributed by atoms with Crippen LogP contribution in [0.3, 0.4) is 0 Å². The monoisotopic (exact) mass is 316 g/mol. The average molecular weight is 316 g/mol. The maximum absolute atomic E-state index is 12.4. The molecule has 0 unspecified atom stereocenters. The summed E-state index contributed by atoms with van der Waals surface area (Å²) in [6, 6.07) is 6.77. The van der Waals surface area contributed by atoms with Crippen molar-refractivity contribution in [1.29, 1.82) is 0 Å². The van der Waals surface area contributed by atoms with Crippen LogP contribution in [-0.2, 0) is 17.9 Å². The third-order valence-electron chi connectivity index (χ3n) is 3.10. The van der Waals surface area contributed by atoms with Crippen molar-refractivity contribution in [3.05, 3.63) is 57.6 Å². The lowest BCUT2D eigenvalue weighted by Crippen LogP contribution is -2.33. The van der Waals surface area contributed by atoms with E-state index in [1.807, 2.05) is 0 Å². The minimum absolute atomic E-state index is 0.157. The number of nitrogens with zero attached hydrogens (tertiary/aromatic N) is 2. The quantitative estimate of drug-likeness (QED) is 0.709. The molecule has 112 valence electrons. The number of furan rings is 1. The maximum Gasteiger partial charge on any atom is 0.264 e. The van der Waals surface area contributed by atoms with Crippen molar-refractivity contribution in [2.24, 2.45) is 0 Å². The van der Waals surface area contributed by atoms with E-state index in [1.165, 1.54) is 10.8 Å². The summed E-state index contributed by atoms with van der Waals surface area (Å²) >= 11 is 5.12. The lowest BCUT2D eigenvalue weighted by molar-refractivity contribution is -0.122. The van der Waals surface area contributed by atoms with Gasteiger partial charge >= 0.3 is 0 Å². The zero-order valence-electron chi connectivity index (χ0n) is 11.4. The van der Waals surface area contributed by atoms with Crippen LogP contribution in [0.4, 0.5) is 0 Å². The highest BCUT2D eigenvalue weighted by Crippen LogP contribution is 2.03. The molecular weight excluding hydrogens is 304 g/mol. The zero-order chi connectivity index (χ0) is 15.5. The average Bonchev–Trinajstić information content (AvgIpc) is 3.03. The molecule has 0 aliphatic heterocycles. The van der Waals surface area contributed by atoms with E-state index in [-0.39, 0.29) is 29.3 Å². The van der Waals surface area contributed by atoms with Crippen molar-refractivity contribution in [3.63, 3.8) is 0 Å². The molecule has 3 rings (SSSR count). The van der Waals surface area contributed by atoms with Gasteiger partial charge in [-0.1, -0.05) is 0 Å². The molecule has 0 spiro atoms. The molecule has 3 aromatic heterocycles. The summed E-state index contributed by atoms with van der Waals surface area (Å²) in [6.07, 6.45) is 3.09. The number of aromatic nitrogens is 3. The second-order valence-corrected chi connectivity index (χ2v) is 4.96. The van der Waals surface area contributed by atoms with Gasteiger partial charge in [0.15, 0.2) is 4.77 Å². The van der Waals surface area contributed by atoms with E-state index < -0.39 is 0 Å². The van der Waals surface area contributed by atoms with E-state index in [0.717, 1.165) is 0 Å². The number of hydrogen-bond acceptors (Lipinski definition) is 5. The number of nitrogens with one attached hydrogen (secondary N) is 2. The van der Waals surface area contributed by atoms with Gasteiger partial charge in [0.25, 0.3) is 5.56 Å². The molecule has 3 heterocycles. The van der Waals surface area contributed by atoms with E-state index in [1.54, 1.807) is 30.5 Å². The lowest BCUT2D eigenvalue weighted by atomic mass is 10.3. The van der Waals surface area contributed by atoms with Gasteiger partial charge in [-0.25, -0.2) is 4.98 Å². The lowest BCUT2D eigenvalue weighted by Gasteiger charge is -2.07. The molecule has 0 aromatic carbocycles. The predicted molar refractivity (Wildman–Crippen MR) is 81.7 cm³/mol. The Morgan fingerprint density at radius 3 is 3.05 bits per heavy atom. The van der Waals surface area contributed by atoms with Gasteiger partial charge < -0.3 is 14.7 Å². The minimum atomic E-state index is -0.347. The number of hydrogen-bond donors (Lipinski definition) is 2. The Labute approximate surface area is 129 Å². The first-order chi connectivity index (χ1) is 10.6. The van der Waals surface area contributed by atoms with Crippen LogP contribution in [0.1, 0.15) is 5.76 Å². The van der Waals surface area contributed by atoms with Gasteiger partial charge in [0, 0.05) is 6.20 Å². The van der Waals surface area contributed by atoms with Crippen LogP contribution < -0.4 is 10.9 Å². The zero-order valence-corrected chi connectivity index (χ0v) is 12.2. The fourth-order valence-corrected chi connectivity index (χ4v) is 2.27. The van der Waals surface area contributed by atoms with Crippen LogP contribution in [0.15, 0.2) is 45.9 Å². The number of carbonyl (C=O) groups excluding carboxylic acids is 1. The van der Waals surface area contributed by atoms with Crippen molar-refractivity contribution >= 4 is 29.2 Å². The Morgan fingerprint density at radius 2 is 2.27 bits per heavy atom. The van der Waals surface area contributed by atoms with Gasteiger partial charge in [-0.15, -0.1) is 0 Å². The fraction of sp³-hybridized carbons (Fsp3) is 0.143. The second-order valence-electron chi connectivity index (χ2n) is 4.58. The SMILES string of the molecule is O=C(Cn1c(=S)[nH]c2ncccc2c1=O)NCc1ccco1. The first kappa shape index (κ1) is 14.2. The minimum Gasteiger partial charge on any atom is -0.467 e. The molecule has 8 heteroatoms. The molecule has 7 nitrogen and oxygen atoms in total. The molecule has 3 aromatic rings. The van der Waals surface area contributed by atoms with Gasteiger partial charge in [-0.05, 0) is 36.5 Å². The molecule has 0 saturated heterocycles. The summed E-state index contributed by atoms with van der Waals surface area (Å²) in [4.78, 5) is 31.2. The first-order valence-corrected chi connectivity index (χ1v) is 6.93. The van der Waals surface area contributed by atoms with Crippen LogP contribution in [-0.4, -0.2) is 20.4 Å². The standard InChI is InChI=1S/C14H12N4O3S/c19-11(16-7-9-3-2-6-21-9)8-18-13(20)10-4-1-5-15-12(10)17-14(18)22/h1-6H,7-8H2,(H,16,19)(H,15,17,22). The van der Waals surface area contributed by atoms with Crippen LogP contribution in [0.25, 0.3) is 11.0 Å². The van der Waals surface area contributed by atoms with Gasteiger partial charge in [-0.2, -0.15) is 0 Å². The Hall–Kier alpha value is -2.74. The van der Waals surface area contributed by atoms with Crippen LogP contribution in [0, 0.1) is 4.77 Å². The van der Waals surface area contributed by atoms with Crippen molar-refractivity contribution in [3.8, 4) is 0 Å². The smallest absolute Gasteiger partial charge is 0.264 e. The molecule has 0 aliphatic rings. The number of aromatic amines is 1. The maximum atomic E-state index is 12.4. The summed E-state index contributed by atoms with van der Waals surface area (Å²) in [6.45, 7) is 0.0892. The van der Waals surface area contributed by atoms with Crippen LogP contribution in [0.2, 0.25) is 0 Å². The Balaban J connectivity index is 1.83. The predicted octanol–water partition coefficient (Wildman–Crippen LogP) is 1.36. The third kappa shape index (κ3) is 2.82. The van der Waals surface area contributed by atoms with Crippen molar-refractivity contribution in [1.82, 2.24) is 19.9 Å². The number of H-pyrrole nitrogens is 1. The highest BCUT2D eigenvalue weighted by atomic mass is 32.1. The number of rotatable bonds is 4. The Kier molecular flexibility index (Phi) is 3.84.